The Hall–Kier alpha value is -1.47. The lowest BCUT2D eigenvalue weighted by Gasteiger charge is -2.09. The zero-order valence-electron chi connectivity index (χ0n) is 10.3. The van der Waals surface area contributed by atoms with Crippen LogP contribution in [0.25, 0.3) is 0 Å². The molecule has 0 fully saturated rings. The molecule has 0 aliphatic rings. The van der Waals surface area contributed by atoms with Gasteiger partial charge < -0.3 is 10.1 Å². The molecule has 0 aromatic heterocycles. The quantitative estimate of drug-likeness (QED) is 0.648. The summed E-state index contributed by atoms with van der Waals surface area (Å²) in [5, 5.41) is 2.85. The fraction of sp³-hybridized carbons (Fsp3) is 0.357. The smallest absolute Gasteiger partial charge is 0.255 e. The zero-order chi connectivity index (χ0) is 13.4. The van der Waals surface area contributed by atoms with Crippen LogP contribution < -0.4 is 10.1 Å². The van der Waals surface area contributed by atoms with Crippen molar-refractivity contribution in [2.24, 2.45) is 0 Å². The highest BCUT2D eigenvalue weighted by molar-refractivity contribution is 9.10. The average molecular weight is 310 g/mol. The highest BCUT2D eigenvalue weighted by Gasteiger charge is 2.11. The zero-order valence-corrected chi connectivity index (χ0v) is 11.9. The van der Waals surface area contributed by atoms with Crippen molar-refractivity contribution in [2.45, 2.75) is 19.3 Å². The van der Waals surface area contributed by atoms with E-state index in [1.165, 1.54) is 0 Å². The number of amides is 1. The Labute approximate surface area is 116 Å². The van der Waals surface area contributed by atoms with Gasteiger partial charge in [0.05, 0.1) is 12.7 Å². The number of terminal acetylenes is 1. The number of nitrogens with one attached hydrogen (secondary N) is 1. The second kappa shape index (κ2) is 7.78. The molecular weight excluding hydrogens is 294 g/mol. The van der Waals surface area contributed by atoms with E-state index in [4.69, 9.17) is 11.2 Å². The Balaban J connectivity index is 2.54. The molecule has 0 heterocycles. The van der Waals surface area contributed by atoms with Crippen LogP contribution in [0.3, 0.4) is 0 Å². The number of hydrogen-bond acceptors (Lipinski definition) is 2. The lowest BCUT2D eigenvalue weighted by molar-refractivity contribution is 0.0950. The standard InChI is InChI=1S/C14H16BrNO2/c1-3-4-5-6-9-16-14(17)12-8-7-11(15)10-13(12)18-2/h1,7-8,10H,4-6,9H2,2H3,(H,16,17). The number of benzene rings is 1. The number of carbonyl (C=O) groups excluding carboxylic acids is 1. The van der Waals surface area contributed by atoms with Crippen molar-refractivity contribution >= 4 is 21.8 Å². The van der Waals surface area contributed by atoms with Crippen LogP contribution in [0.2, 0.25) is 0 Å². The number of hydrogen-bond donors (Lipinski definition) is 1. The van der Waals surface area contributed by atoms with Crippen molar-refractivity contribution in [1.29, 1.82) is 0 Å². The van der Waals surface area contributed by atoms with Gasteiger partial charge in [-0.1, -0.05) is 15.9 Å². The number of methoxy groups -OCH3 is 1. The van der Waals surface area contributed by atoms with Crippen LogP contribution in [-0.2, 0) is 0 Å². The van der Waals surface area contributed by atoms with Gasteiger partial charge in [-0.25, -0.2) is 0 Å². The van der Waals surface area contributed by atoms with E-state index in [-0.39, 0.29) is 5.91 Å². The van der Waals surface area contributed by atoms with Gasteiger partial charge in [-0.05, 0) is 31.0 Å². The fourth-order valence-electron chi connectivity index (χ4n) is 1.50. The Bertz CT molecular complexity index is 452. The van der Waals surface area contributed by atoms with Crippen LogP contribution in [0.1, 0.15) is 29.6 Å². The molecular formula is C14H16BrNO2. The molecule has 4 heteroatoms. The van der Waals surface area contributed by atoms with Crippen LogP contribution in [-0.4, -0.2) is 19.6 Å². The highest BCUT2D eigenvalue weighted by atomic mass is 79.9. The van der Waals surface area contributed by atoms with Crippen molar-refractivity contribution in [3.8, 4) is 18.1 Å². The first-order valence-electron chi connectivity index (χ1n) is 5.74. The van der Waals surface area contributed by atoms with Crippen molar-refractivity contribution in [2.75, 3.05) is 13.7 Å². The van der Waals surface area contributed by atoms with Crippen molar-refractivity contribution in [3.63, 3.8) is 0 Å². The Kier molecular flexibility index (Phi) is 6.31. The number of unbranched alkanes of at least 4 members (excludes halogenated alkanes) is 2. The molecule has 0 spiro atoms. The third-order valence-electron chi connectivity index (χ3n) is 2.44. The van der Waals surface area contributed by atoms with Crippen LogP contribution >= 0.6 is 15.9 Å². The largest absolute Gasteiger partial charge is 0.496 e. The normalized spacial score (nSPS) is 9.61. The monoisotopic (exact) mass is 309 g/mol. The molecule has 3 nitrogen and oxygen atoms in total. The first-order valence-corrected chi connectivity index (χ1v) is 6.53. The third kappa shape index (κ3) is 4.42. The maximum Gasteiger partial charge on any atom is 0.255 e. The summed E-state index contributed by atoms with van der Waals surface area (Å²) in [6, 6.07) is 5.32. The molecule has 0 atom stereocenters. The minimum atomic E-state index is -0.125. The van der Waals surface area contributed by atoms with Crippen LogP contribution in [0, 0.1) is 12.3 Å². The molecule has 1 amide bonds. The Morgan fingerprint density at radius 2 is 2.28 bits per heavy atom. The summed E-state index contributed by atoms with van der Waals surface area (Å²) in [7, 11) is 1.55. The van der Waals surface area contributed by atoms with E-state index in [1.54, 1.807) is 19.2 Å². The average Bonchev–Trinajstić information content (AvgIpc) is 2.38. The molecule has 0 bridgehead atoms. The SMILES string of the molecule is C#CCCCCNC(=O)c1ccc(Br)cc1OC. The molecule has 1 N–H and O–H groups in total. The minimum absolute atomic E-state index is 0.125. The van der Waals surface area contributed by atoms with Gasteiger partial charge in [-0.2, -0.15) is 0 Å². The van der Waals surface area contributed by atoms with Gasteiger partial charge in [0.25, 0.3) is 5.91 Å². The molecule has 1 rings (SSSR count). The lowest BCUT2D eigenvalue weighted by atomic mass is 10.2. The van der Waals surface area contributed by atoms with Crippen LogP contribution in [0.15, 0.2) is 22.7 Å². The maximum absolute atomic E-state index is 11.9. The lowest BCUT2D eigenvalue weighted by Crippen LogP contribution is -2.24. The van der Waals surface area contributed by atoms with E-state index >= 15 is 0 Å². The van der Waals surface area contributed by atoms with Crippen molar-refractivity contribution < 1.29 is 9.53 Å². The van der Waals surface area contributed by atoms with Gasteiger partial charge in [0.1, 0.15) is 5.75 Å². The number of carbonyl (C=O) groups is 1. The van der Waals surface area contributed by atoms with Crippen LogP contribution in [0.4, 0.5) is 0 Å². The van der Waals surface area contributed by atoms with Crippen molar-refractivity contribution in [1.82, 2.24) is 5.32 Å². The molecule has 1 aromatic carbocycles. The maximum atomic E-state index is 11.9. The summed E-state index contributed by atoms with van der Waals surface area (Å²) in [4.78, 5) is 11.9. The Morgan fingerprint density at radius 3 is 2.94 bits per heavy atom. The molecule has 18 heavy (non-hydrogen) atoms. The van der Waals surface area contributed by atoms with Gasteiger partial charge in [-0.3, -0.25) is 4.79 Å². The van der Waals surface area contributed by atoms with Gasteiger partial charge in [0.2, 0.25) is 0 Å². The Morgan fingerprint density at radius 1 is 1.50 bits per heavy atom. The molecule has 0 aliphatic heterocycles. The number of halogens is 1. The van der Waals surface area contributed by atoms with Gasteiger partial charge in [0.15, 0.2) is 0 Å². The van der Waals surface area contributed by atoms with E-state index in [1.807, 2.05) is 6.07 Å². The van der Waals surface area contributed by atoms with E-state index in [2.05, 4.69) is 27.2 Å². The second-order valence-corrected chi connectivity index (χ2v) is 4.68. The summed E-state index contributed by atoms with van der Waals surface area (Å²) in [6.07, 6.45) is 7.71. The minimum Gasteiger partial charge on any atom is -0.496 e. The summed E-state index contributed by atoms with van der Waals surface area (Å²) < 4.78 is 6.05. The van der Waals surface area contributed by atoms with Crippen LogP contribution in [0.5, 0.6) is 5.75 Å². The predicted octanol–water partition coefficient (Wildman–Crippen LogP) is 2.99. The molecule has 0 unspecified atom stereocenters. The molecule has 0 radical (unpaired) electrons. The molecule has 0 saturated carbocycles. The first kappa shape index (κ1) is 14.6. The molecule has 0 saturated heterocycles. The summed E-state index contributed by atoms with van der Waals surface area (Å²) >= 11 is 3.34. The van der Waals surface area contributed by atoms with Gasteiger partial charge in [0, 0.05) is 17.4 Å². The first-order chi connectivity index (χ1) is 8.69. The molecule has 0 aliphatic carbocycles. The van der Waals surface area contributed by atoms with E-state index < -0.39 is 0 Å². The summed E-state index contributed by atoms with van der Waals surface area (Å²) in [5.41, 5.74) is 0.539. The third-order valence-corrected chi connectivity index (χ3v) is 2.93. The predicted molar refractivity (Wildman–Crippen MR) is 75.7 cm³/mol. The second-order valence-electron chi connectivity index (χ2n) is 3.76. The van der Waals surface area contributed by atoms with Crippen molar-refractivity contribution in [3.05, 3.63) is 28.2 Å². The highest BCUT2D eigenvalue weighted by Crippen LogP contribution is 2.23. The van der Waals surface area contributed by atoms with Gasteiger partial charge >= 0.3 is 0 Å². The molecule has 1 aromatic rings. The summed E-state index contributed by atoms with van der Waals surface area (Å²) in [6.45, 7) is 0.625. The fourth-order valence-corrected chi connectivity index (χ4v) is 1.84. The summed E-state index contributed by atoms with van der Waals surface area (Å²) in [5.74, 6) is 3.01. The number of rotatable bonds is 6. The van der Waals surface area contributed by atoms with Gasteiger partial charge in [-0.15, -0.1) is 12.3 Å². The van der Waals surface area contributed by atoms with E-state index in [9.17, 15) is 4.79 Å². The number of ether oxygens (including phenoxy) is 1. The van der Waals surface area contributed by atoms with E-state index in [0.29, 0.717) is 17.9 Å². The topological polar surface area (TPSA) is 38.3 Å². The van der Waals surface area contributed by atoms with E-state index in [0.717, 1.165) is 23.7 Å². The molecule has 96 valence electrons.